The number of nitrogens with two attached hydrogens (primary N) is 1. The standard InChI is InChI=1S/C15H14FN3O3S/c16-13-4-2-1-3-12(13)15(20)18-11-6-5-10-7-8-19(14(10)9-11)23(17,21)22/h1-6,9H,7-8H2,(H,18,20)(H2,17,21,22). The third-order valence-electron chi connectivity index (χ3n) is 3.62. The lowest BCUT2D eigenvalue weighted by atomic mass is 10.1. The molecule has 1 amide bonds. The van der Waals surface area contributed by atoms with Gasteiger partial charge in [0.05, 0.1) is 11.3 Å². The Morgan fingerprint density at radius 1 is 1.22 bits per heavy atom. The van der Waals surface area contributed by atoms with E-state index in [-0.39, 0.29) is 12.1 Å². The fourth-order valence-corrected chi connectivity index (χ4v) is 3.33. The molecule has 2 aromatic carbocycles. The van der Waals surface area contributed by atoms with Crippen LogP contribution in [0.2, 0.25) is 0 Å². The normalized spacial score (nSPS) is 13.7. The van der Waals surface area contributed by atoms with E-state index in [2.05, 4.69) is 5.32 Å². The van der Waals surface area contributed by atoms with Gasteiger partial charge in [0.2, 0.25) is 0 Å². The molecule has 3 rings (SSSR count). The van der Waals surface area contributed by atoms with Crippen LogP contribution in [-0.2, 0) is 16.6 Å². The highest BCUT2D eigenvalue weighted by Gasteiger charge is 2.27. The minimum atomic E-state index is -3.86. The molecule has 6 nitrogen and oxygen atoms in total. The van der Waals surface area contributed by atoms with Gasteiger partial charge in [-0.3, -0.25) is 9.10 Å². The van der Waals surface area contributed by atoms with Crippen molar-refractivity contribution in [1.29, 1.82) is 0 Å². The SMILES string of the molecule is NS(=O)(=O)N1CCc2ccc(NC(=O)c3ccccc3F)cc21. The molecule has 8 heteroatoms. The average molecular weight is 335 g/mol. The number of carbonyl (C=O) groups is 1. The van der Waals surface area contributed by atoms with Gasteiger partial charge in [-0.1, -0.05) is 18.2 Å². The molecule has 1 aliphatic rings. The van der Waals surface area contributed by atoms with Gasteiger partial charge in [-0.15, -0.1) is 0 Å². The van der Waals surface area contributed by atoms with Gasteiger partial charge in [0, 0.05) is 12.2 Å². The van der Waals surface area contributed by atoms with Crippen LogP contribution in [-0.4, -0.2) is 20.9 Å². The second-order valence-electron chi connectivity index (χ2n) is 5.14. The fraction of sp³-hybridized carbons (Fsp3) is 0.133. The highest BCUT2D eigenvalue weighted by molar-refractivity contribution is 7.90. The monoisotopic (exact) mass is 335 g/mol. The maximum absolute atomic E-state index is 13.6. The summed E-state index contributed by atoms with van der Waals surface area (Å²) in [4.78, 5) is 12.1. The Hall–Kier alpha value is -2.45. The number of hydrogen-bond acceptors (Lipinski definition) is 3. The molecule has 0 atom stereocenters. The number of carbonyl (C=O) groups excluding carboxylic acids is 1. The maximum atomic E-state index is 13.6. The Morgan fingerprint density at radius 3 is 2.65 bits per heavy atom. The number of rotatable bonds is 3. The highest BCUT2D eigenvalue weighted by atomic mass is 32.2. The van der Waals surface area contributed by atoms with Crippen LogP contribution in [0.5, 0.6) is 0 Å². The zero-order valence-electron chi connectivity index (χ0n) is 12.0. The van der Waals surface area contributed by atoms with Crippen LogP contribution in [0, 0.1) is 5.82 Å². The molecule has 0 saturated heterocycles. The van der Waals surface area contributed by atoms with Crippen molar-refractivity contribution in [2.75, 3.05) is 16.2 Å². The molecule has 0 saturated carbocycles. The first-order chi connectivity index (χ1) is 10.9. The third-order valence-corrected chi connectivity index (χ3v) is 4.62. The number of nitrogens with zero attached hydrogens (tertiary/aromatic N) is 1. The minimum Gasteiger partial charge on any atom is -0.322 e. The predicted molar refractivity (Wildman–Crippen MR) is 85.0 cm³/mol. The van der Waals surface area contributed by atoms with Gasteiger partial charge in [0.1, 0.15) is 5.82 Å². The molecule has 23 heavy (non-hydrogen) atoms. The summed E-state index contributed by atoms with van der Waals surface area (Å²) < 4.78 is 37.8. The number of fused-ring (bicyclic) bond motifs is 1. The fourth-order valence-electron chi connectivity index (χ4n) is 2.54. The van der Waals surface area contributed by atoms with Crippen molar-refractivity contribution in [2.24, 2.45) is 5.14 Å². The molecule has 1 heterocycles. The van der Waals surface area contributed by atoms with Gasteiger partial charge in [-0.05, 0) is 36.2 Å². The van der Waals surface area contributed by atoms with Crippen molar-refractivity contribution in [1.82, 2.24) is 0 Å². The van der Waals surface area contributed by atoms with Crippen LogP contribution in [0.15, 0.2) is 42.5 Å². The number of hydrogen-bond donors (Lipinski definition) is 2. The van der Waals surface area contributed by atoms with E-state index in [0.717, 1.165) is 9.87 Å². The lowest BCUT2D eigenvalue weighted by Gasteiger charge is -2.16. The van der Waals surface area contributed by atoms with Crippen molar-refractivity contribution >= 4 is 27.5 Å². The molecule has 0 unspecified atom stereocenters. The van der Waals surface area contributed by atoms with Gasteiger partial charge in [-0.2, -0.15) is 8.42 Å². The van der Waals surface area contributed by atoms with Crippen LogP contribution in [0.3, 0.4) is 0 Å². The molecule has 2 aromatic rings. The van der Waals surface area contributed by atoms with Crippen LogP contribution < -0.4 is 14.8 Å². The van der Waals surface area contributed by atoms with Crippen LogP contribution >= 0.6 is 0 Å². The smallest absolute Gasteiger partial charge is 0.299 e. The Kier molecular flexibility index (Phi) is 3.78. The van der Waals surface area contributed by atoms with Crippen molar-refractivity contribution in [2.45, 2.75) is 6.42 Å². The average Bonchev–Trinajstić information content (AvgIpc) is 2.90. The summed E-state index contributed by atoms with van der Waals surface area (Å²) in [6.07, 6.45) is 0.549. The molecule has 1 aliphatic heterocycles. The lowest BCUT2D eigenvalue weighted by molar-refractivity contribution is 0.102. The molecule has 120 valence electrons. The summed E-state index contributed by atoms with van der Waals surface area (Å²) in [5, 5.41) is 7.74. The molecule has 0 fully saturated rings. The van der Waals surface area contributed by atoms with Gasteiger partial charge in [0.15, 0.2) is 0 Å². The molecule has 0 bridgehead atoms. The van der Waals surface area contributed by atoms with E-state index in [4.69, 9.17) is 5.14 Å². The highest BCUT2D eigenvalue weighted by Crippen LogP contribution is 2.32. The predicted octanol–water partition coefficient (Wildman–Crippen LogP) is 1.64. The number of anilines is 2. The molecule has 0 aromatic heterocycles. The Morgan fingerprint density at radius 2 is 1.96 bits per heavy atom. The van der Waals surface area contributed by atoms with Crippen molar-refractivity contribution < 1.29 is 17.6 Å². The number of halogens is 1. The molecular weight excluding hydrogens is 321 g/mol. The van der Waals surface area contributed by atoms with Gasteiger partial charge >= 0.3 is 0 Å². The quantitative estimate of drug-likeness (QED) is 0.893. The largest absolute Gasteiger partial charge is 0.322 e. The maximum Gasteiger partial charge on any atom is 0.299 e. The van der Waals surface area contributed by atoms with Crippen LogP contribution in [0.4, 0.5) is 15.8 Å². The number of nitrogens with one attached hydrogen (secondary N) is 1. The van der Waals surface area contributed by atoms with Crippen molar-refractivity contribution in [3.05, 3.63) is 59.4 Å². The number of amides is 1. The molecule has 0 spiro atoms. The number of benzene rings is 2. The van der Waals surface area contributed by atoms with Crippen molar-refractivity contribution in [3.63, 3.8) is 0 Å². The lowest BCUT2D eigenvalue weighted by Crippen LogP contribution is -2.35. The van der Waals surface area contributed by atoms with E-state index < -0.39 is 21.9 Å². The van der Waals surface area contributed by atoms with E-state index >= 15 is 0 Å². The first-order valence-corrected chi connectivity index (χ1v) is 8.36. The second kappa shape index (κ2) is 5.64. The van der Waals surface area contributed by atoms with Gasteiger partial charge < -0.3 is 5.32 Å². The molecule has 0 radical (unpaired) electrons. The summed E-state index contributed by atoms with van der Waals surface area (Å²) in [7, 11) is -3.86. The topological polar surface area (TPSA) is 92.5 Å². The minimum absolute atomic E-state index is 0.0868. The first kappa shape index (κ1) is 15.4. The molecule has 0 aliphatic carbocycles. The van der Waals surface area contributed by atoms with Crippen LogP contribution in [0.25, 0.3) is 0 Å². The van der Waals surface area contributed by atoms with E-state index in [0.29, 0.717) is 17.8 Å². The van der Waals surface area contributed by atoms with Crippen molar-refractivity contribution in [3.8, 4) is 0 Å². The summed E-state index contributed by atoms with van der Waals surface area (Å²) in [5.41, 5.74) is 1.53. The molecular formula is C15H14FN3O3S. The summed E-state index contributed by atoms with van der Waals surface area (Å²) in [6.45, 7) is 0.263. The van der Waals surface area contributed by atoms with E-state index in [1.807, 2.05) is 0 Å². The molecule has 3 N–H and O–H groups in total. The summed E-state index contributed by atoms with van der Waals surface area (Å²) in [5.74, 6) is -1.24. The Balaban J connectivity index is 1.89. The summed E-state index contributed by atoms with van der Waals surface area (Å²) >= 11 is 0. The van der Waals surface area contributed by atoms with Crippen LogP contribution in [0.1, 0.15) is 15.9 Å². The van der Waals surface area contributed by atoms with Gasteiger partial charge in [0.25, 0.3) is 16.1 Å². The zero-order valence-corrected chi connectivity index (χ0v) is 12.8. The van der Waals surface area contributed by atoms with Gasteiger partial charge in [-0.25, -0.2) is 9.53 Å². The Labute approximate surface area is 132 Å². The van der Waals surface area contributed by atoms with E-state index in [1.165, 1.54) is 24.3 Å². The zero-order chi connectivity index (χ0) is 16.6. The Bertz CT molecular complexity index is 883. The second-order valence-corrected chi connectivity index (χ2v) is 6.62. The third kappa shape index (κ3) is 3.03. The van der Waals surface area contributed by atoms with E-state index in [9.17, 15) is 17.6 Å². The van der Waals surface area contributed by atoms with E-state index in [1.54, 1.807) is 18.2 Å². The summed E-state index contributed by atoms with van der Waals surface area (Å²) in [6, 6.07) is 10.5. The first-order valence-electron chi connectivity index (χ1n) is 6.85.